The number of phenols is 1. The van der Waals surface area contributed by atoms with Gasteiger partial charge in [-0.25, -0.2) is 0 Å². The van der Waals surface area contributed by atoms with E-state index in [1.807, 2.05) is 32.0 Å². The summed E-state index contributed by atoms with van der Waals surface area (Å²) in [6.45, 7) is 3.91. The van der Waals surface area contributed by atoms with Gasteiger partial charge in [-0.2, -0.15) is 5.26 Å². The summed E-state index contributed by atoms with van der Waals surface area (Å²) in [4.78, 5) is 12.3. The van der Waals surface area contributed by atoms with Gasteiger partial charge in [0.25, 0.3) is 5.91 Å². The van der Waals surface area contributed by atoms with Crippen molar-refractivity contribution in [1.29, 1.82) is 5.26 Å². The Hall–Kier alpha value is -2.48. The van der Waals surface area contributed by atoms with Crippen LogP contribution in [-0.2, 0) is 4.79 Å². The molecule has 0 unspecified atom stereocenters. The molecule has 0 fully saturated rings. The van der Waals surface area contributed by atoms with Gasteiger partial charge in [-0.15, -0.1) is 0 Å². The van der Waals surface area contributed by atoms with Crippen LogP contribution in [0.15, 0.2) is 35.9 Å². The van der Waals surface area contributed by atoms with E-state index in [1.165, 1.54) is 18.2 Å². The number of carbonyl (C=O) groups is 1. The van der Waals surface area contributed by atoms with Crippen LogP contribution in [0.1, 0.15) is 16.7 Å². The zero-order valence-corrected chi connectivity index (χ0v) is 14.5. The highest BCUT2D eigenvalue weighted by molar-refractivity contribution is 6.37. The average Bonchev–Trinajstić information content (AvgIpc) is 2.53. The summed E-state index contributed by atoms with van der Waals surface area (Å²) in [5.74, 6) is -0.783. The van der Waals surface area contributed by atoms with Crippen LogP contribution in [0.2, 0.25) is 10.0 Å². The van der Waals surface area contributed by atoms with Crippen LogP contribution in [-0.4, -0.2) is 11.0 Å². The molecule has 0 aliphatic carbocycles. The van der Waals surface area contributed by atoms with E-state index >= 15 is 0 Å². The van der Waals surface area contributed by atoms with E-state index in [0.717, 1.165) is 11.1 Å². The second-order valence-electron chi connectivity index (χ2n) is 5.26. The molecule has 0 bridgehead atoms. The highest BCUT2D eigenvalue weighted by Gasteiger charge is 2.12. The molecule has 0 aliphatic rings. The van der Waals surface area contributed by atoms with E-state index < -0.39 is 5.91 Å². The third kappa shape index (κ3) is 4.08. The highest BCUT2D eigenvalue weighted by atomic mass is 35.5. The van der Waals surface area contributed by atoms with Gasteiger partial charge in [0, 0.05) is 5.69 Å². The second kappa shape index (κ2) is 7.39. The van der Waals surface area contributed by atoms with Crippen LogP contribution >= 0.6 is 23.2 Å². The predicted octanol–water partition coefficient (Wildman–Crippen LogP) is 4.86. The summed E-state index contributed by atoms with van der Waals surface area (Å²) in [5, 5.41) is 21.5. The quantitative estimate of drug-likeness (QED) is 0.606. The van der Waals surface area contributed by atoms with Crippen molar-refractivity contribution >= 4 is 40.9 Å². The molecule has 2 aromatic rings. The van der Waals surface area contributed by atoms with Gasteiger partial charge in [0.2, 0.25) is 0 Å². The maximum atomic E-state index is 12.3. The minimum atomic E-state index is -0.541. The molecule has 0 spiro atoms. The molecule has 0 aliphatic heterocycles. The van der Waals surface area contributed by atoms with E-state index in [0.29, 0.717) is 11.3 Å². The van der Waals surface area contributed by atoms with Crippen molar-refractivity contribution in [3.8, 4) is 11.8 Å². The molecule has 6 heteroatoms. The van der Waals surface area contributed by atoms with Gasteiger partial charge in [-0.3, -0.25) is 4.79 Å². The number of phenolic OH excluding ortho intramolecular Hbond substituents is 1. The van der Waals surface area contributed by atoms with Gasteiger partial charge >= 0.3 is 0 Å². The SMILES string of the molecule is Cc1ccc(NC(=O)/C(C#N)=C\c2cc(Cl)c(O)c(Cl)c2)cc1C. The molecular weight excluding hydrogens is 347 g/mol. The maximum Gasteiger partial charge on any atom is 0.266 e. The molecule has 2 rings (SSSR count). The summed E-state index contributed by atoms with van der Waals surface area (Å²) >= 11 is 11.7. The van der Waals surface area contributed by atoms with Crippen LogP contribution in [0, 0.1) is 25.2 Å². The molecule has 1 amide bonds. The maximum absolute atomic E-state index is 12.3. The smallest absolute Gasteiger partial charge is 0.266 e. The van der Waals surface area contributed by atoms with Gasteiger partial charge in [-0.1, -0.05) is 29.3 Å². The van der Waals surface area contributed by atoms with Crippen LogP contribution in [0.3, 0.4) is 0 Å². The summed E-state index contributed by atoms with van der Waals surface area (Å²) < 4.78 is 0. The second-order valence-corrected chi connectivity index (χ2v) is 6.07. The normalized spacial score (nSPS) is 11.0. The van der Waals surface area contributed by atoms with Crippen molar-refractivity contribution in [1.82, 2.24) is 0 Å². The van der Waals surface area contributed by atoms with Gasteiger partial charge in [0.15, 0.2) is 5.75 Å². The lowest BCUT2D eigenvalue weighted by Gasteiger charge is -2.07. The number of nitrogens with zero attached hydrogens (tertiary/aromatic N) is 1. The number of halogens is 2. The molecule has 0 saturated carbocycles. The number of aryl methyl sites for hydroxylation is 2. The predicted molar refractivity (Wildman–Crippen MR) is 96.3 cm³/mol. The number of carbonyl (C=O) groups excluding carboxylic acids is 1. The van der Waals surface area contributed by atoms with Crippen LogP contribution < -0.4 is 5.32 Å². The number of hydrogen-bond acceptors (Lipinski definition) is 3. The fourth-order valence-electron chi connectivity index (χ4n) is 2.00. The topological polar surface area (TPSA) is 73.1 Å². The van der Waals surface area contributed by atoms with Crippen molar-refractivity contribution in [2.45, 2.75) is 13.8 Å². The van der Waals surface area contributed by atoms with Gasteiger partial charge in [0.05, 0.1) is 10.0 Å². The lowest BCUT2D eigenvalue weighted by Crippen LogP contribution is -2.13. The average molecular weight is 361 g/mol. The van der Waals surface area contributed by atoms with Crippen molar-refractivity contribution in [3.05, 3.63) is 62.6 Å². The number of benzene rings is 2. The van der Waals surface area contributed by atoms with Crippen molar-refractivity contribution < 1.29 is 9.90 Å². The summed E-state index contributed by atoms with van der Waals surface area (Å²) in [7, 11) is 0. The number of aromatic hydroxyl groups is 1. The Morgan fingerprint density at radius 2 is 1.79 bits per heavy atom. The first kappa shape index (κ1) is 17.9. The number of nitrogens with one attached hydrogen (secondary N) is 1. The molecule has 122 valence electrons. The molecular formula is C18H14Cl2N2O2. The fraction of sp³-hybridized carbons (Fsp3) is 0.111. The van der Waals surface area contributed by atoms with Crippen LogP contribution in [0.25, 0.3) is 6.08 Å². The minimum Gasteiger partial charge on any atom is -0.505 e. The summed E-state index contributed by atoms with van der Waals surface area (Å²) in [5.41, 5.74) is 3.08. The van der Waals surface area contributed by atoms with Gasteiger partial charge in [-0.05, 0) is 60.9 Å². The third-order valence-corrected chi connectivity index (χ3v) is 4.06. The van der Waals surface area contributed by atoms with Crippen molar-refractivity contribution in [2.24, 2.45) is 0 Å². The molecule has 0 radical (unpaired) electrons. The Morgan fingerprint density at radius 3 is 2.33 bits per heavy atom. The van der Waals surface area contributed by atoms with E-state index in [1.54, 1.807) is 6.07 Å². The number of anilines is 1. The zero-order valence-electron chi connectivity index (χ0n) is 13.0. The molecule has 0 atom stereocenters. The molecule has 0 heterocycles. The number of amides is 1. The lowest BCUT2D eigenvalue weighted by atomic mass is 10.1. The Morgan fingerprint density at radius 1 is 1.17 bits per heavy atom. The van der Waals surface area contributed by atoms with Crippen molar-refractivity contribution in [3.63, 3.8) is 0 Å². The molecule has 2 N–H and O–H groups in total. The largest absolute Gasteiger partial charge is 0.505 e. The number of nitriles is 1. The van der Waals surface area contributed by atoms with E-state index in [4.69, 9.17) is 23.2 Å². The zero-order chi connectivity index (χ0) is 17.9. The van der Waals surface area contributed by atoms with Gasteiger partial charge in [0.1, 0.15) is 11.6 Å². The summed E-state index contributed by atoms with van der Waals surface area (Å²) in [6.07, 6.45) is 1.35. The Balaban J connectivity index is 2.29. The van der Waals surface area contributed by atoms with Gasteiger partial charge < -0.3 is 10.4 Å². The lowest BCUT2D eigenvalue weighted by molar-refractivity contribution is -0.112. The Labute approximate surface area is 149 Å². The molecule has 2 aromatic carbocycles. The monoisotopic (exact) mass is 360 g/mol. The van der Waals surface area contributed by atoms with E-state index in [2.05, 4.69) is 5.32 Å². The van der Waals surface area contributed by atoms with Crippen molar-refractivity contribution in [2.75, 3.05) is 5.32 Å². The molecule has 0 aromatic heterocycles. The fourth-order valence-corrected chi connectivity index (χ4v) is 2.51. The first-order chi connectivity index (χ1) is 11.3. The minimum absolute atomic E-state index is 0.0422. The third-order valence-electron chi connectivity index (χ3n) is 3.48. The van der Waals surface area contributed by atoms with E-state index in [9.17, 15) is 15.2 Å². The van der Waals surface area contributed by atoms with Crippen LogP contribution in [0.5, 0.6) is 5.75 Å². The summed E-state index contributed by atoms with van der Waals surface area (Å²) in [6, 6.07) is 10.2. The highest BCUT2D eigenvalue weighted by Crippen LogP contribution is 2.33. The molecule has 4 nitrogen and oxygen atoms in total. The Bertz CT molecular complexity index is 860. The molecule has 24 heavy (non-hydrogen) atoms. The van der Waals surface area contributed by atoms with E-state index in [-0.39, 0.29) is 21.4 Å². The first-order valence-corrected chi connectivity index (χ1v) is 7.76. The van der Waals surface area contributed by atoms with Crippen LogP contribution in [0.4, 0.5) is 5.69 Å². The number of hydrogen-bond donors (Lipinski definition) is 2. The number of rotatable bonds is 3. The standard InChI is InChI=1S/C18H14Cl2N2O2/c1-10-3-4-14(5-11(10)2)22-18(24)13(9-21)6-12-7-15(19)17(23)16(20)8-12/h3-8,23H,1-2H3,(H,22,24)/b13-6-. The Kier molecular flexibility index (Phi) is 5.50. The first-order valence-electron chi connectivity index (χ1n) is 7.00. The molecule has 0 saturated heterocycles.